The van der Waals surface area contributed by atoms with Crippen LogP contribution < -0.4 is 5.32 Å². The van der Waals surface area contributed by atoms with Gasteiger partial charge in [0.25, 0.3) is 0 Å². The molecule has 1 atom stereocenters. The summed E-state index contributed by atoms with van der Waals surface area (Å²) in [5.74, 6) is -3.06. The fourth-order valence-electron chi connectivity index (χ4n) is 2.13. The third-order valence-corrected chi connectivity index (χ3v) is 3.18. The Morgan fingerprint density at radius 1 is 1.20 bits per heavy atom. The molecule has 0 aromatic heterocycles. The normalized spacial score (nSPS) is 12.2. The minimum absolute atomic E-state index is 0.000344. The Balaban J connectivity index is 2.91. The number of carbonyl (C=O) groups is 1. The topological polar surface area (TPSA) is 49.3 Å². The Bertz CT molecular complexity index is 440. The molecule has 0 radical (unpaired) electrons. The van der Waals surface area contributed by atoms with Crippen LogP contribution in [0.5, 0.6) is 0 Å². The van der Waals surface area contributed by atoms with Gasteiger partial charge in [0, 0.05) is 6.04 Å². The lowest BCUT2D eigenvalue weighted by Gasteiger charge is -2.20. The summed E-state index contributed by atoms with van der Waals surface area (Å²) in [4.78, 5) is 10.7. The van der Waals surface area contributed by atoms with Crippen molar-refractivity contribution in [2.24, 2.45) is 0 Å². The Hall–Kier alpha value is -1.65. The first kappa shape index (κ1) is 16.4. The zero-order chi connectivity index (χ0) is 15.1. The molecule has 1 aromatic carbocycles. The number of hydrogen-bond donors (Lipinski definition) is 2. The van der Waals surface area contributed by atoms with Crippen LogP contribution in [-0.2, 0) is 0 Å². The van der Waals surface area contributed by atoms with Gasteiger partial charge in [0.1, 0.15) is 17.3 Å². The van der Waals surface area contributed by atoms with Crippen molar-refractivity contribution in [3.63, 3.8) is 0 Å². The van der Waals surface area contributed by atoms with E-state index in [4.69, 9.17) is 5.11 Å². The van der Waals surface area contributed by atoms with Gasteiger partial charge in [-0.3, -0.25) is 0 Å². The van der Waals surface area contributed by atoms with Gasteiger partial charge >= 0.3 is 5.97 Å². The van der Waals surface area contributed by atoms with E-state index in [2.05, 4.69) is 12.2 Å². The number of anilines is 1. The third kappa shape index (κ3) is 4.47. The van der Waals surface area contributed by atoms with Crippen LogP contribution in [0, 0.1) is 11.6 Å². The third-order valence-electron chi connectivity index (χ3n) is 3.18. The van der Waals surface area contributed by atoms with Crippen LogP contribution >= 0.6 is 0 Å². The molecule has 0 aliphatic rings. The summed E-state index contributed by atoms with van der Waals surface area (Å²) >= 11 is 0. The highest BCUT2D eigenvalue weighted by Crippen LogP contribution is 2.24. The summed E-state index contributed by atoms with van der Waals surface area (Å²) in [6, 6.07) is 1.69. The zero-order valence-corrected chi connectivity index (χ0v) is 11.9. The van der Waals surface area contributed by atoms with Crippen LogP contribution in [0.2, 0.25) is 0 Å². The van der Waals surface area contributed by atoms with Gasteiger partial charge < -0.3 is 10.4 Å². The monoisotopic (exact) mass is 285 g/mol. The zero-order valence-electron chi connectivity index (χ0n) is 11.9. The van der Waals surface area contributed by atoms with E-state index in [1.165, 1.54) is 0 Å². The van der Waals surface area contributed by atoms with E-state index in [0.29, 0.717) is 0 Å². The van der Waals surface area contributed by atoms with Crippen LogP contribution in [0.15, 0.2) is 12.1 Å². The predicted molar refractivity (Wildman–Crippen MR) is 75.2 cm³/mol. The molecule has 1 rings (SSSR count). The van der Waals surface area contributed by atoms with E-state index < -0.39 is 17.6 Å². The molecule has 0 bridgehead atoms. The fraction of sp³-hybridized carbons (Fsp3) is 0.533. The molecule has 0 spiro atoms. The van der Waals surface area contributed by atoms with E-state index in [0.717, 1.165) is 44.2 Å². The summed E-state index contributed by atoms with van der Waals surface area (Å²) in [5.41, 5.74) is -0.615. The lowest BCUT2D eigenvalue weighted by Crippen LogP contribution is -2.21. The maximum atomic E-state index is 13.8. The Labute approximate surface area is 118 Å². The summed E-state index contributed by atoms with van der Waals surface area (Å²) in [6.45, 7) is 4.08. The highest BCUT2D eigenvalue weighted by atomic mass is 19.1. The molecule has 1 unspecified atom stereocenters. The summed E-state index contributed by atoms with van der Waals surface area (Å²) < 4.78 is 27.7. The number of carboxylic acids is 1. The van der Waals surface area contributed by atoms with E-state index in [1.807, 2.05) is 6.92 Å². The van der Waals surface area contributed by atoms with Crippen molar-refractivity contribution in [1.82, 2.24) is 0 Å². The van der Waals surface area contributed by atoms with Gasteiger partial charge in [-0.2, -0.15) is 0 Å². The second-order valence-corrected chi connectivity index (χ2v) is 4.89. The molecule has 0 heterocycles. The quantitative estimate of drug-likeness (QED) is 0.742. The molecule has 0 fully saturated rings. The van der Waals surface area contributed by atoms with E-state index in [9.17, 15) is 13.6 Å². The minimum Gasteiger partial charge on any atom is -0.478 e. The van der Waals surface area contributed by atoms with Crippen molar-refractivity contribution in [3.05, 3.63) is 29.3 Å². The van der Waals surface area contributed by atoms with E-state index in [1.54, 1.807) is 0 Å². The van der Waals surface area contributed by atoms with Gasteiger partial charge in [0.2, 0.25) is 0 Å². The van der Waals surface area contributed by atoms with Gasteiger partial charge in [-0.15, -0.1) is 0 Å². The maximum absolute atomic E-state index is 13.8. The molecule has 0 saturated heterocycles. The van der Waals surface area contributed by atoms with Crippen molar-refractivity contribution in [2.45, 2.75) is 52.0 Å². The molecule has 112 valence electrons. The number of rotatable bonds is 8. The minimum atomic E-state index is -1.34. The molecule has 0 saturated carbocycles. The Morgan fingerprint density at radius 2 is 1.80 bits per heavy atom. The average Bonchev–Trinajstić information content (AvgIpc) is 2.39. The molecule has 0 aliphatic heterocycles. The predicted octanol–water partition coefficient (Wildman–Crippen LogP) is 4.43. The van der Waals surface area contributed by atoms with E-state index in [-0.39, 0.29) is 17.3 Å². The van der Waals surface area contributed by atoms with Crippen molar-refractivity contribution in [3.8, 4) is 0 Å². The van der Waals surface area contributed by atoms with Crippen LogP contribution in [-0.4, -0.2) is 17.1 Å². The largest absolute Gasteiger partial charge is 0.478 e. The maximum Gasteiger partial charge on any atom is 0.335 e. The number of nitrogens with one attached hydrogen (secondary N) is 1. The first-order valence-electron chi connectivity index (χ1n) is 6.98. The molecule has 5 heteroatoms. The molecule has 0 aliphatic carbocycles. The van der Waals surface area contributed by atoms with Crippen molar-refractivity contribution >= 4 is 11.7 Å². The van der Waals surface area contributed by atoms with Gasteiger partial charge in [0.05, 0.1) is 5.56 Å². The second kappa shape index (κ2) is 7.82. The first-order valence-corrected chi connectivity index (χ1v) is 6.98. The SMILES string of the molecule is CCCCC(CCC)Nc1c(F)cc(C(=O)O)cc1F. The molecule has 1 aromatic rings. The lowest BCUT2D eigenvalue weighted by molar-refractivity contribution is 0.0696. The van der Waals surface area contributed by atoms with Gasteiger partial charge in [-0.05, 0) is 25.0 Å². The average molecular weight is 285 g/mol. The van der Waals surface area contributed by atoms with Crippen molar-refractivity contribution < 1.29 is 18.7 Å². The molecule has 20 heavy (non-hydrogen) atoms. The van der Waals surface area contributed by atoms with Crippen LogP contribution in [0.3, 0.4) is 0 Å². The smallest absolute Gasteiger partial charge is 0.335 e. The summed E-state index contributed by atoms with van der Waals surface area (Å²) in [7, 11) is 0. The Kier molecular flexibility index (Phi) is 6.42. The lowest BCUT2D eigenvalue weighted by atomic mass is 10.0. The first-order chi connectivity index (χ1) is 9.49. The Morgan fingerprint density at radius 3 is 2.25 bits per heavy atom. The summed E-state index contributed by atoms with van der Waals surface area (Å²) in [6.07, 6.45) is 4.57. The number of aromatic carboxylic acids is 1. The van der Waals surface area contributed by atoms with Crippen LogP contribution in [0.25, 0.3) is 0 Å². The van der Waals surface area contributed by atoms with Gasteiger partial charge in [-0.1, -0.05) is 33.1 Å². The number of unbranched alkanes of at least 4 members (excludes halogenated alkanes) is 1. The molecule has 3 nitrogen and oxygen atoms in total. The number of benzene rings is 1. The van der Waals surface area contributed by atoms with Gasteiger partial charge in [-0.25, -0.2) is 13.6 Å². The number of carboxylic acid groups (broad SMARTS) is 1. The number of hydrogen-bond acceptors (Lipinski definition) is 2. The molecular weight excluding hydrogens is 264 g/mol. The highest BCUT2D eigenvalue weighted by Gasteiger charge is 2.17. The van der Waals surface area contributed by atoms with E-state index >= 15 is 0 Å². The standard InChI is InChI=1S/C15H21F2NO2/c1-3-5-7-11(6-4-2)18-14-12(16)8-10(15(19)20)9-13(14)17/h8-9,11,18H,3-7H2,1-2H3,(H,19,20). The second-order valence-electron chi connectivity index (χ2n) is 4.89. The fourth-order valence-corrected chi connectivity index (χ4v) is 2.13. The molecular formula is C15H21F2NO2. The highest BCUT2D eigenvalue weighted by molar-refractivity contribution is 5.88. The summed E-state index contributed by atoms with van der Waals surface area (Å²) in [5, 5.41) is 11.6. The molecule has 0 amide bonds. The van der Waals surface area contributed by atoms with Crippen molar-refractivity contribution in [2.75, 3.05) is 5.32 Å². The molecule has 2 N–H and O–H groups in total. The van der Waals surface area contributed by atoms with Crippen LogP contribution in [0.4, 0.5) is 14.5 Å². The number of halogens is 2. The van der Waals surface area contributed by atoms with Crippen molar-refractivity contribution in [1.29, 1.82) is 0 Å². The van der Waals surface area contributed by atoms with Gasteiger partial charge in [0.15, 0.2) is 0 Å². The van der Waals surface area contributed by atoms with Crippen LogP contribution in [0.1, 0.15) is 56.3 Å².